The van der Waals surface area contributed by atoms with Crippen LogP contribution < -0.4 is 10.5 Å². The summed E-state index contributed by atoms with van der Waals surface area (Å²) in [6.07, 6.45) is 3.33. The largest absolute Gasteiger partial charge is 0.497 e. The van der Waals surface area contributed by atoms with E-state index in [1.54, 1.807) is 25.6 Å². The van der Waals surface area contributed by atoms with Crippen molar-refractivity contribution in [2.75, 3.05) is 12.8 Å². The standard InChI is InChI=1S/C24H20N6O2.C2H6/c1-32-17-10-12-26-21(13-17)19-8-9-20-24(28-19)30(16-6-4-15(14-31)5-7-16)23(29-20)18-3-2-11-27-22(18)25;1-2/h2-13,31H,14H2,1H3,(H2,25,27);1-2H3. The van der Waals surface area contributed by atoms with Gasteiger partial charge >= 0.3 is 0 Å². The molecule has 0 saturated heterocycles. The Morgan fingerprint density at radius 3 is 2.41 bits per heavy atom. The second-order valence-corrected chi connectivity index (χ2v) is 7.15. The van der Waals surface area contributed by atoms with Gasteiger partial charge in [0.2, 0.25) is 0 Å². The molecule has 0 atom stereocenters. The number of nitrogens with two attached hydrogens (primary N) is 1. The number of nitrogen functional groups attached to an aromatic ring is 1. The van der Waals surface area contributed by atoms with Crippen LogP contribution in [0.1, 0.15) is 19.4 Å². The van der Waals surface area contributed by atoms with E-state index >= 15 is 0 Å². The Kier molecular flexibility index (Phi) is 6.79. The summed E-state index contributed by atoms with van der Waals surface area (Å²) < 4.78 is 7.27. The van der Waals surface area contributed by atoms with Crippen LogP contribution in [0.2, 0.25) is 0 Å². The Morgan fingerprint density at radius 1 is 0.912 bits per heavy atom. The third kappa shape index (κ3) is 4.31. The zero-order valence-corrected chi connectivity index (χ0v) is 19.3. The van der Waals surface area contributed by atoms with Gasteiger partial charge in [0.15, 0.2) is 11.5 Å². The number of fused-ring (bicyclic) bond motifs is 1. The molecule has 5 aromatic rings. The summed E-state index contributed by atoms with van der Waals surface area (Å²) in [6.45, 7) is 3.97. The molecule has 0 radical (unpaired) electrons. The number of benzene rings is 1. The molecule has 0 aliphatic carbocycles. The average molecular weight is 455 g/mol. The van der Waals surface area contributed by atoms with E-state index in [1.165, 1.54) is 0 Å². The molecule has 4 aromatic heterocycles. The van der Waals surface area contributed by atoms with Gasteiger partial charge in [-0.1, -0.05) is 26.0 Å². The third-order valence-electron chi connectivity index (χ3n) is 5.19. The Balaban J connectivity index is 0.00000133. The molecule has 1 aromatic carbocycles. The van der Waals surface area contributed by atoms with E-state index in [0.717, 1.165) is 11.3 Å². The molecular weight excluding hydrogens is 428 g/mol. The van der Waals surface area contributed by atoms with Crippen LogP contribution in [0.5, 0.6) is 5.75 Å². The topological polar surface area (TPSA) is 112 Å². The minimum Gasteiger partial charge on any atom is -0.497 e. The van der Waals surface area contributed by atoms with Crippen molar-refractivity contribution in [3.8, 4) is 34.2 Å². The van der Waals surface area contributed by atoms with Crippen molar-refractivity contribution in [1.82, 2.24) is 24.5 Å². The molecule has 0 aliphatic heterocycles. The summed E-state index contributed by atoms with van der Waals surface area (Å²) in [5.41, 5.74) is 11.3. The van der Waals surface area contributed by atoms with Crippen LogP contribution in [0, 0.1) is 0 Å². The predicted molar refractivity (Wildman–Crippen MR) is 134 cm³/mol. The number of hydrogen-bond acceptors (Lipinski definition) is 7. The van der Waals surface area contributed by atoms with Gasteiger partial charge in [0.1, 0.15) is 17.1 Å². The molecule has 34 heavy (non-hydrogen) atoms. The van der Waals surface area contributed by atoms with Crippen molar-refractivity contribution >= 4 is 17.0 Å². The number of pyridine rings is 3. The maximum Gasteiger partial charge on any atom is 0.165 e. The lowest BCUT2D eigenvalue weighted by Gasteiger charge is -2.11. The zero-order chi connectivity index (χ0) is 24.1. The Bertz CT molecular complexity index is 1410. The SMILES string of the molecule is CC.COc1ccnc(-c2ccc3nc(-c4cccnc4N)n(-c4ccc(CO)cc4)c3n2)c1. The lowest BCUT2D eigenvalue weighted by molar-refractivity contribution is 0.282. The Hall–Kier alpha value is -4.30. The van der Waals surface area contributed by atoms with E-state index in [4.69, 9.17) is 20.4 Å². The van der Waals surface area contributed by atoms with Gasteiger partial charge in [-0.3, -0.25) is 9.55 Å². The highest BCUT2D eigenvalue weighted by molar-refractivity contribution is 5.84. The highest BCUT2D eigenvalue weighted by atomic mass is 16.5. The van der Waals surface area contributed by atoms with Gasteiger partial charge in [-0.2, -0.15) is 0 Å². The fraction of sp³-hybridized carbons (Fsp3) is 0.154. The number of hydrogen-bond donors (Lipinski definition) is 2. The maximum absolute atomic E-state index is 9.43. The monoisotopic (exact) mass is 454 g/mol. The molecule has 0 fully saturated rings. The van der Waals surface area contributed by atoms with E-state index in [9.17, 15) is 5.11 Å². The fourth-order valence-corrected chi connectivity index (χ4v) is 3.56. The lowest BCUT2D eigenvalue weighted by atomic mass is 10.2. The van der Waals surface area contributed by atoms with Gasteiger partial charge in [-0.15, -0.1) is 0 Å². The van der Waals surface area contributed by atoms with E-state index < -0.39 is 0 Å². The highest BCUT2D eigenvalue weighted by Crippen LogP contribution is 2.31. The second kappa shape index (κ2) is 10.1. The Labute approximate surface area is 197 Å². The molecule has 0 spiro atoms. The molecule has 0 aliphatic rings. The van der Waals surface area contributed by atoms with Crippen molar-refractivity contribution in [1.29, 1.82) is 0 Å². The highest BCUT2D eigenvalue weighted by Gasteiger charge is 2.19. The molecule has 0 saturated carbocycles. The first-order valence-electron chi connectivity index (χ1n) is 11.0. The Morgan fingerprint density at radius 2 is 1.71 bits per heavy atom. The molecular formula is C26H26N6O2. The van der Waals surface area contributed by atoms with Crippen LogP contribution >= 0.6 is 0 Å². The summed E-state index contributed by atoms with van der Waals surface area (Å²) >= 11 is 0. The van der Waals surface area contributed by atoms with Crippen molar-refractivity contribution in [3.05, 3.63) is 78.6 Å². The summed E-state index contributed by atoms with van der Waals surface area (Å²) in [6, 6.07) is 18.7. The van der Waals surface area contributed by atoms with Crippen molar-refractivity contribution in [2.45, 2.75) is 20.5 Å². The lowest BCUT2D eigenvalue weighted by Crippen LogP contribution is -2.02. The molecule has 0 amide bonds. The normalized spacial score (nSPS) is 10.6. The molecule has 4 heterocycles. The molecule has 8 heteroatoms. The number of aromatic nitrogens is 5. The number of nitrogens with zero attached hydrogens (tertiary/aromatic N) is 5. The van der Waals surface area contributed by atoms with Crippen LogP contribution in [0.3, 0.4) is 0 Å². The van der Waals surface area contributed by atoms with Gasteiger partial charge in [0.25, 0.3) is 0 Å². The van der Waals surface area contributed by atoms with Gasteiger partial charge in [0.05, 0.1) is 30.7 Å². The van der Waals surface area contributed by atoms with Crippen LogP contribution in [-0.4, -0.2) is 36.7 Å². The van der Waals surface area contributed by atoms with Crippen LogP contribution in [0.4, 0.5) is 5.82 Å². The zero-order valence-electron chi connectivity index (χ0n) is 19.3. The number of anilines is 1. The number of ether oxygens (including phenoxy) is 1. The smallest absolute Gasteiger partial charge is 0.165 e. The molecule has 5 rings (SSSR count). The van der Waals surface area contributed by atoms with Gasteiger partial charge in [0, 0.05) is 24.1 Å². The molecule has 0 unspecified atom stereocenters. The van der Waals surface area contributed by atoms with Crippen molar-refractivity contribution < 1.29 is 9.84 Å². The van der Waals surface area contributed by atoms with Gasteiger partial charge in [-0.25, -0.2) is 15.0 Å². The molecule has 0 bridgehead atoms. The number of aliphatic hydroxyl groups excluding tert-OH is 1. The van der Waals surface area contributed by atoms with Crippen molar-refractivity contribution in [3.63, 3.8) is 0 Å². The quantitative estimate of drug-likeness (QED) is 0.397. The average Bonchev–Trinajstić information content (AvgIpc) is 3.28. The number of rotatable bonds is 5. The van der Waals surface area contributed by atoms with Crippen LogP contribution in [-0.2, 0) is 6.61 Å². The first kappa shape index (κ1) is 22.9. The summed E-state index contributed by atoms with van der Waals surface area (Å²) in [4.78, 5) is 18.4. The summed E-state index contributed by atoms with van der Waals surface area (Å²) in [5.74, 6) is 1.71. The predicted octanol–water partition coefficient (Wildman–Crippen LogP) is 4.65. The molecule has 3 N–H and O–H groups in total. The minimum absolute atomic E-state index is 0.0305. The maximum atomic E-state index is 9.43. The second-order valence-electron chi connectivity index (χ2n) is 7.15. The fourth-order valence-electron chi connectivity index (χ4n) is 3.56. The van der Waals surface area contributed by atoms with Gasteiger partial charge < -0.3 is 15.6 Å². The van der Waals surface area contributed by atoms with Crippen LogP contribution in [0.25, 0.3) is 39.6 Å². The number of aliphatic hydroxyl groups is 1. The first-order valence-corrected chi connectivity index (χ1v) is 11.0. The van der Waals surface area contributed by atoms with Crippen LogP contribution in [0.15, 0.2) is 73.1 Å². The van der Waals surface area contributed by atoms with E-state index in [0.29, 0.717) is 45.5 Å². The number of methoxy groups -OCH3 is 1. The first-order chi connectivity index (χ1) is 16.7. The minimum atomic E-state index is -0.0305. The summed E-state index contributed by atoms with van der Waals surface area (Å²) in [7, 11) is 1.62. The number of imidazole rings is 1. The van der Waals surface area contributed by atoms with Gasteiger partial charge in [-0.05, 0) is 48.0 Å². The van der Waals surface area contributed by atoms with E-state index in [2.05, 4.69) is 9.97 Å². The summed E-state index contributed by atoms with van der Waals surface area (Å²) in [5, 5.41) is 9.43. The molecule has 172 valence electrons. The third-order valence-corrected chi connectivity index (χ3v) is 5.19. The molecule has 8 nitrogen and oxygen atoms in total. The van der Waals surface area contributed by atoms with E-state index in [1.807, 2.05) is 73.0 Å². The van der Waals surface area contributed by atoms with E-state index in [-0.39, 0.29) is 6.61 Å². The van der Waals surface area contributed by atoms with Crippen molar-refractivity contribution in [2.24, 2.45) is 0 Å².